The van der Waals surface area contributed by atoms with Crippen molar-refractivity contribution < 1.29 is 4.79 Å². The van der Waals surface area contributed by atoms with Gasteiger partial charge in [-0.3, -0.25) is 4.79 Å². The fourth-order valence-corrected chi connectivity index (χ4v) is 3.40. The third kappa shape index (κ3) is 3.19. The zero-order valence-electron chi connectivity index (χ0n) is 12.1. The van der Waals surface area contributed by atoms with Crippen molar-refractivity contribution in [1.82, 2.24) is 20.1 Å². The Morgan fingerprint density at radius 1 is 1.15 bits per heavy atom. The molecule has 0 atom stereocenters. The minimum atomic E-state index is 0.169. The molecule has 1 aliphatic carbocycles. The zero-order valence-corrected chi connectivity index (χ0v) is 12.1. The van der Waals surface area contributed by atoms with Gasteiger partial charge in [-0.05, 0) is 31.6 Å². The molecule has 1 fully saturated rings. The molecule has 0 unspecified atom stereocenters. The molecular formula is C15H24N4O. The van der Waals surface area contributed by atoms with Crippen LogP contribution in [0.5, 0.6) is 0 Å². The first-order valence-corrected chi connectivity index (χ1v) is 8.00. The van der Waals surface area contributed by atoms with Gasteiger partial charge in [0.15, 0.2) is 5.82 Å². The predicted molar refractivity (Wildman–Crippen MR) is 76.0 cm³/mol. The second kappa shape index (κ2) is 6.37. The maximum atomic E-state index is 12.0. The third-order valence-corrected chi connectivity index (χ3v) is 4.58. The first-order valence-electron chi connectivity index (χ1n) is 8.00. The number of aromatic nitrogens is 3. The van der Waals surface area contributed by atoms with Crippen molar-refractivity contribution in [2.75, 3.05) is 0 Å². The highest BCUT2D eigenvalue weighted by Crippen LogP contribution is 2.27. The van der Waals surface area contributed by atoms with E-state index in [1.165, 1.54) is 44.9 Å². The number of nitrogens with zero attached hydrogens (tertiary/aromatic N) is 3. The van der Waals surface area contributed by atoms with Crippen molar-refractivity contribution in [3.63, 3.8) is 0 Å². The Hall–Kier alpha value is -1.39. The van der Waals surface area contributed by atoms with Gasteiger partial charge in [0.2, 0.25) is 5.91 Å². The van der Waals surface area contributed by atoms with Crippen molar-refractivity contribution in [2.24, 2.45) is 5.92 Å². The lowest BCUT2D eigenvalue weighted by atomic mass is 10.0. The number of carbonyl (C=O) groups is 1. The molecule has 5 heteroatoms. The summed E-state index contributed by atoms with van der Waals surface area (Å²) in [5.74, 6) is 2.78. The summed E-state index contributed by atoms with van der Waals surface area (Å²) in [5.41, 5.74) is 0. The van der Waals surface area contributed by atoms with Crippen molar-refractivity contribution in [3.8, 4) is 0 Å². The zero-order chi connectivity index (χ0) is 13.8. The number of aryl methyl sites for hydroxylation is 1. The van der Waals surface area contributed by atoms with Crippen LogP contribution < -0.4 is 5.32 Å². The van der Waals surface area contributed by atoms with Gasteiger partial charge < -0.3 is 9.88 Å². The Balaban J connectivity index is 1.53. The Bertz CT molecular complexity index is 462. The summed E-state index contributed by atoms with van der Waals surface area (Å²) >= 11 is 0. The lowest BCUT2D eigenvalue weighted by Gasteiger charge is -2.10. The molecule has 0 bridgehead atoms. The van der Waals surface area contributed by atoms with E-state index in [1.54, 1.807) is 0 Å². The van der Waals surface area contributed by atoms with Crippen LogP contribution in [0.4, 0.5) is 0 Å². The van der Waals surface area contributed by atoms with E-state index >= 15 is 0 Å². The van der Waals surface area contributed by atoms with E-state index in [-0.39, 0.29) is 5.91 Å². The largest absolute Gasteiger partial charge is 0.349 e. The van der Waals surface area contributed by atoms with Crippen molar-refractivity contribution in [2.45, 2.75) is 70.9 Å². The number of fused-ring (bicyclic) bond motifs is 1. The van der Waals surface area contributed by atoms with Gasteiger partial charge in [0.25, 0.3) is 0 Å². The predicted octanol–water partition coefficient (Wildman–Crippen LogP) is 2.20. The molecule has 2 aliphatic rings. The second-order valence-corrected chi connectivity index (χ2v) is 6.13. The van der Waals surface area contributed by atoms with E-state index in [9.17, 15) is 4.79 Å². The molecule has 20 heavy (non-hydrogen) atoms. The van der Waals surface area contributed by atoms with E-state index in [4.69, 9.17) is 0 Å². The van der Waals surface area contributed by atoms with Crippen LogP contribution in [0.1, 0.15) is 63.0 Å². The van der Waals surface area contributed by atoms with Crippen molar-refractivity contribution >= 4 is 5.91 Å². The summed E-state index contributed by atoms with van der Waals surface area (Å²) in [7, 11) is 0. The molecule has 0 spiro atoms. The van der Waals surface area contributed by atoms with Crippen LogP contribution in [0.3, 0.4) is 0 Å². The van der Waals surface area contributed by atoms with Crippen LogP contribution in [0.15, 0.2) is 0 Å². The van der Waals surface area contributed by atoms with Crippen LogP contribution in [0.25, 0.3) is 0 Å². The minimum absolute atomic E-state index is 0.169. The number of hydrogen-bond acceptors (Lipinski definition) is 3. The maximum absolute atomic E-state index is 12.0. The second-order valence-electron chi connectivity index (χ2n) is 6.13. The molecule has 2 heterocycles. The molecule has 1 aliphatic heterocycles. The highest BCUT2D eigenvalue weighted by molar-refractivity contribution is 5.76. The first-order chi connectivity index (χ1) is 9.83. The van der Waals surface area contributed by atoms with Crippen LogP contribution in [0, 0.1) is 5.92 Å². The molecule has 1 saturated carbocycles. The standard InChI is InChI=1S/C15H24N4O/c20-15(10-12-6-3-4-7-12)16-11-14-18-17-13-8-2-1-5-9-19(13)14/h12H,1-11H2,(H,16,20). The lowest BCUT2D eigenvalue weighted by Crippen LogP contribution is -2.26. The summed E-state index contributed by atoms with van der Waals surface area (Å²) in [6.07, 6.45) is 10.4. The van der Waals surface area contributed by atoms with Gasteiger partial charge in [-0.25, -0.2) is 0 Å². The summed E-state index contributed by atoms with van der Waals surface area (Å²) in [4.78, 5) is 12.0. The number of nitrogens with one attached hydrogen (secondary N) is 1. The molecule has 1 aromatic heterocycles. The summed E-state index contributed by atoms with van der Waals surface area (Å²) in [6, 6.07) is 0. The quantitative estimate of drug-likeness (QED) is 0.917. The Kier molecular flexibility index (Phi) is 4.33. The molecule has 110 valence electrons. The smallest absolute Gasteiger partial charge is 0.220 e. The van der Waals surface area contributed by atoms with E-state index < -0.39 is 0 Å². The van der Waals surface area contributed by atoms with E-state index in [0.717, 1.165) is 24.6 Å². The van der Waals surface area contributed by atoms with Gasteiger partial charge in [-0.1, -0.05) is 19.3 Å². The highest BCUT2D eigenvalue weighted by Gasteiger charge is 2.19. The van der Waals surface area contributed by atoms with Crippen LogP contribution in [-0.2, 0) is 24.3 Å². The molecule has 1 amide bonds. The SMILES string of the molecule is O=C(CC1CCCC1)NCc1nnc2n1CCCCC2. The third-order valence-electron chi connectivity index (χ3n) is 4.58. The van der Waals surface area contributed by atoms with Gasteiger partial charge >= 0.3 is 0 Å². The van der Waals surface area contributed by atoms with Gasteiger partial charge in [-0.2, -0.15) is 0 Å². The fourth-order valence-electron chi connectivity index (χ4n) is 3.40. The molecule has 1 aromatic rings. The first kappa shape index (κ1) is 13.6. The average molecular weight is 276 g/mol. The number of amides is 1. The maximum Gasteiger partial charge on any atom is 0.220 e. The molecule has 5 nitrogen and oxygen atoms in total. The average Bonchev–Trinajstić information content (AvgIpc) is 3.02. The minimum Gasteiger partial charge on any atom is -0.349 e. The highest BCUT2D eigenvalue weighted by atomic mass is 16.1. The molecule has 0 aromatic carbocycles. The molecule has 1 N–H and O–H groups in total. The van der Waals surface area contributed by atoms with Crippen LogP contribution in [0.2, 0.25) is 0 Å². The Labute approximate surface area is 120 Å². The monoisotopic (exact) mass is 276 g/mol. The van der Waals surface area contributed by atoms with Crippen LogP contribution in [-0.4, -0.2) is 20.7 Å². The number of carbonyl (C=O) groups excluding carboxylic acids is 1. The Morgan fingerprint density at radius 3 is 2.85 bits per heavy atom. The summed E-state index contributed by atoms with van der Waals surface area (Å²) < 4.78 is 2.20. The number of rotatable bonds is 4. The van der Waals surface area contributed by atoms with Gasteiger partial charge in [-0.15, -0.1) is 10.2 Å². The molecule has 0 saturated heterocycles. The van der Waals surface area contributed by atoms with E-state index in [2.05, 4.69) is 20.1 Å². The van der Waals surface area contributed by atoms with E-state index in [1.807, 2.05) is 0 Å². The topological polar surface area (TPSA) is 59.8 Å². The normalized spacial score (nSPS) is 19.6. The number of hydrogen-bond donors (Lipinski definition) is 1. The van der Waals surface area contributed by atoms with Crippen molar-refractivity contribution in [1.29, 1.82) is 0 Å². The van der Waals surface area contributed by atoms with Gasteiger partial charge in [0.1, 0.15) is 5.82 Å². The summed E-state index contributed by atoms with van der Waals surface area (Å²) in [5, 5.41) is 11.5. The van der Waals surface area contributed by atoms with E-state index in [0.29, 0.717) is 18.9 Å². The molecule has 0 radical (unpaired) electrons. The van der Waals surface area contributed by atoms with Crippen LogP contribution >= 0.6 is 0 Å². The lowest BCUT2D eigenvalue weighted by molar-refractivity contribution is -0.122. The van der Waals surface area contributed by atoms with Gasteiger partial charge in [0, 0.05) is 19.4 Å². The Morgan fingerprint density at radius 2 is 2.00 bits per heavy atom. The van der Waals surface area contributed by atoms with Crippen molar-refractivity contribution in [3.05, 3.63) is 11.6 Å². The molecule has 3 rings (SSSR count). The molecular weight excluding hydrogens is 252 g/mol. The summed E-state index contributed by atoms with van der Waals surface area (Å²) in [6.45, 7) is 1.52. The fraction of sp³-hybridized carbons (Fsp3) is 0.800. The van der Waals surface area contributed by atoms with Gasteiger partial charge in [0.05, 0.1) is 6.54 Å².